The van der Waals surface area contributed by atoms with Gasteiger partial charge in [0.15, 0.2) is 0 Å². The lowest BCUT2D eigenvalue weighted by Gasteiger charge is -2.36. The minimum atomic E-state index is -0.0168. The number of likely N-dealkylation sites (N-methyl/N-ethyl adjacent to an activating group) is 1. The molecule has 2 rings (SSSR count). The number of rotatable bonds is 4. The summed E-state index contributed by atoms with van der Waals surface area (Å²) in [6.45, 7) is 11.0. The highest BCUT2D eigenvalue weighted by atomic mass is 16.2. The first kappa shape index (κ1) is 17.7. The van der Waals surface area contributed by atoms with Crippen LogP contribution in [0.25, 0.3) is 0 Å². The maximum absolute atomic E-state index is 12.7. The van der Waals surface area contributed by atoms with Gasteiger partial charge in [-0.15, -0.1) is 0 Å². The van der Waals surface area contributed by atoms with E-state index >= 15 is 0 Å². The summed E-state index contributed by atoms with van der Waals surface area (Å²) in [6.07, 6.45) is 3.69. The Hall–Kier alpha value is -0.610. The number of nitrogens with one attached hydrogen (secondary N) is 1. The highest BCUT2D eigenvalue weighted by Gasteiger charge is 2.36. The van der Waals surface area contributed by atoms with Crippen molar-refractivity contribution in [3.05, 3.63) is 0 Å². The van der Waals surface area contributed by atoms with Gasteiger partial charge in [-0.25, -0.2) is 0 Å². The lowest BCUT2D eigenvalue weighted by molar-refractivity contribution is -0.127. The summed E-state index contributed by atoms with van der Waals surface area (Å²) in [5.41, 5.74) is 0. The van der Waals surface area contributed by atoms with Gasteiger partial charge in [-0.1, -0.05) is 33.6 Å². The molecule has 1 saturated carbocycles. The molecule has 4 heteroatoms. The van der Waals surface area contributed by atoms with Crippen LogP contribution < -0.4 is 5.32 Å². The summed E-state index contributed by atoms with van der Waals surface area (Å²) < 4.78 is 0. The van der Waals surface area contributed by atoms with Crippen LogP contribution in [0, 0.1) is 17.8 Å². The third-order valence-electron chi connectivity index (χ3n) is 6.23. The normalized spacial score (nSPS) is 38.2. The molecule has 0 aromatic heterocycles. The average Bonchev–Trinajstić information content (AvgIpc) is 2.85. The molecule has 1 amide bonds. The van der Waals surface area contributed by atoms with Crippen molar-refractivity contribution < 1.29 is 4.79 Å². The van der Waals surface area contributed by atoms with E-state index < -0.39 is 0 Å². The van der Waals surface area contributed by atoms with Gasteiger partial charge in [-0.3, -0.25) is 9.69 Å². The van der Waals surface area contributed by atoms with Gasteiger partial charge in [-0.05, 0) is 45.2 Å². The summed E-state index contributed by atoms with van der Waals surface area (Å²) in [5.74, 6) is 2.16. The van der Waals surface area contributed by atoms with E-state index in [9.17, 15) is 4.79 Å². The van der Waals surface area contributed by atoms with E-state index in [-0.39, 0.29) is 11.9 Å². The fourth-order valence-corrected chi connectivity index (χ4v) is 4.23. The van der Waals surface area contributed by atoms with Gasteiger partial charge < -0.3 is 10.2 Å². The smallest absolute Gasteiger partial charge is 0.237 e. The molecule has 128 valence electrons. The number of likely N-dealkylation sites (tertiary alicyclic amines) is 1. The van der Waals surface area contributed by atoms with E-state index in [0.717, 1.165) is 25.4 Å². The fourth-order valence-electron chi connectivity index (χ4n) is 4.23. The van der Waals surface area contributed by atoms with Crippen molar-refractivity contribution in [2.45, 2.75) is 65.1 Å². The molecular weight excluding hydrogens is 274 g/mol. The van der Waals surface area contributed by atoms with Crippen molar-refractivity contribution in [3.8, 4) is 0 Å². The second kappa shape index (κ2) is 7.31. The van der Waals surface area contributed by atoms with Crippen LogP contribution in [0.3, 0.4) is 0 Å². The summed E-state index contributed by atoms with van der Waals surface area (Å²) >= 11 is 0. The van der Waals surface area contributed by atoms with Crippen LogP contribution in [-0.4, -0.2) is 61.0 Å². The van der Waals surface area contributed by atoms with Gasteiger partial charge >= 0.3 is 0 Å². The number of carbonyl (C=O) groups is 1. The highest BCUT2D eigenvalue weighted by molar-refractivity contribution is 5.81. The Kier molecular flexibility index (Phi) is 5.89. The topological polar surface area (TPSA) is 35.6 Å². The Morgan fingerprint density at radius 1 is 1.14 bits per heavy atom. The van der Waals surface area contributed by atoms with Crippen LogP contribution in [-0.2, 0) is 4.79 Å². The average molecular weight is 309 g/mol. The van der Waals surface area contributed by atoms with Crippen molar-refractivity contribution in [1.82, 2.24) is 15.1 Å². The monoisotopic (exact) mass is 309 g/mol. The first-order valence-electron chi connectivity index (χ1n) is 9.02. The molecule has 1 aliphatic carbocycles. The molecule has 0 aromatic carbocycles. The molecule has 0 spiro atoms. The summed E-state index contributed by atoms with van der Waals surface area (Å²) in [7, 11) is 4.28. The molecule has 6 atom stereocenters. The summed E-state index contributed by atoms with van der Waals surface area (Å²) in [6, 6.07) is 0.907. The number of hydrogen-bond acceptors (Lipinski definition) is 3. The van der Waals surface area contributed by atoms with E-state index in [4.69, 9.17) is 0 Å². The lowest BCUT2D eigenvalue weighted by Crippen LogP contribution is -2.51. The van der Waals surface area contributed by atoms with Gasteiger partial charge in [0.25, 0.3) is 0 Å². The predicted molar refractivity (Wildman–Crippen MR) is 91.8 cm³/mol. The highest BCUT2D eigenvalue weighted by Crippen LogP contribution is 2.30. The van der Waals surface area contributed by atoms with Crippen LogP contribution in [0.2, 0.25) is 0 Å². The maximum atomic E-state index is 12.7. The van der Waals surface area contributed by atoms with Crippen molar-refractivity contribution >= 4 is 5.91 Å². The molecule has 1 N–H and O–H groups in total. The Morgan fingerprint density at radius 3 is 2.41 bits per heavy atom. The Morgan fingerprint density at radius 2 is 1.82 bits per heavy atom. The second-order valence-corrected chi connectivity index (χ2v) is 8.02. The first-order chi connectivity index (χ1) is 10.3. The molecule has 1 saturated heterocycles. The zero-order valence-corrected chi connectivity index (χ0v) is 15.3. The summed E-state index contributed by atoms with van der Waals surface area (Å²) in [5, 5.41) is 3.34. The zero-order valence-electron chi connectivity index (χ0n) is 15.3. The molecular formula is C18H35N3O. The van der Waals surface area contributed by atoms with E-state index in [1.54, 1.807) is 0 Å². The second-order valence-electron chi connectivity index (χ2n) is 8.02. The van der Waals surface area contributed by atoms with Gasteiger partial charge in [0.2, 0.25) is 5.91 Å². The quantitative estimate of drug-likeness (QED) is 0.865. The van der Waals surface area contributed by atoms with Crippen molar-refractivity contribution in [3.63, 3.8) is 0 Å². The van der Waals surface area contributed by atoms with Gasteiger partial charge in [0, 0.05) is 25.2 Å². The number of nitrogens with zero attached hydrogens (tertiary/aromatic N) is 2. The molecule has 0 radical (unpaired) electrons. The minimum absolute atomic E-state index is 0.0168. The molecule has 0 aromatic rings. The van der Waals surface area contributed by atoms with E-state index in [1.165, 1.54) is 12.8 Å². The van der Waals surface area contributed by atoms with Gasteiger partial charge in [0.05, 0.1) is 6.04 Å². The SMILES string of the molecule is C[C@@H]1[C@H](C)CCC[C@@H]1NC(=O)[C@H](C)N1C[C@H](C)[C@@H](N(C)C)C1. The van der Waals surface area contributed by atoms with Crippen LogP contribution in [0.15, 0.2) is 0 Å². The van der Waals surface area contributed by atoms with Crippen LogP contribution in [0.4, 0.5) is 0 Å². The molecule has 1 heterocycles. The lowest BCUT2D eigenvalue weighted by atomic mass is 9.78. The van der Waals surface area contributed by atoms with Crippen molar-refractivity contribution in [1.29, 1.82) is 0 Å². The zero-order chi connectivity index (χ0) is 16.4. The standard InChI is InChI=1S/C18H35N3O/c1-12-8-7-9-16(14(12)3)19-18(22)15(4)21-10-13(2)17(11-21)20(5)6/h12-17H,7-11H2,1-6H3,(H,19,22)/t12-,13+,14-,15+,16+,17+/m1/s1. The fraction of sp³-hybridized carbons (Fsp3) is 0.944. The van der Waals surface area contributed by atoms with Gasteiger partial charge in [-0.2, -0.15) is 0 Å². The van der Waals surface area contributed by atoms with Crippen molar-refractivity contribution in [2.24, 2.45) is 17.8 Å². The number of amides is 1. The van der Waals surface area contributed by atoms with E-state index in [0.29, 0.717) is 23.9 Å². The molecule has 0 unspecified atom stereocenters. The Balaban J connectivity index is 1.90. The third kappa shape index (κ3) is 3.83. The first-order valence-corrected chi connectivity index (χ1v) is 9.02. The molecule has 22 heavy (non-hydrogen) atoms. The number of carbonyl (C=O) groups excluding carboxylic acids is 1. The van der Waals surface area contributed by atoms with Crippen molar-refractivity contribution in [2.75, 3.05) is 27.2 Å². The molecule has 4 nitrogen and oxygen atoms in total. The predicted octanol–water partition coefficient (Wildman–Crippen LogP) is 2.20. The molecule has 2 aliphatic rings. The Labute approximate surface area is 136 Å². The van der Waals surface area contributed by atoms with E-state index in [1.807, 2.05) is 0 Å². The third-order valence-corrected chi connectivity index (χ3v) is 6.23. The molecule has 0 bridgehead atoms. The van der Waals surface area contributed by atoms with E-state index in [2.05, 4.69) is 56.9 Å². The summed E-state index contributed by atoms with van der Waals surface area (Å²) in [4.78, 5) is 17.3. The van der Waals surface area contributed by atoms with Gasteiger partial charge in [0.1, 0.15) is 0 Å². The van der Waals surface area contributed by atoms with Crippen LogP contribution in [0.1, 0.15) is 47.0 Å². The minimum Gasteiger partial charge on any atom is -0.352 e. The number of hydrogen-bond donors (Lipinski definition) is 1. The largest absolute Gasteiger partial charge is 0.352 e. The molecule has 1 aliphatic heterocycles. The van der Waals surface area contributed by atoms with Crippen LogP contribution in [0.5, 0.6) is 0 Å². The molecule has 2 fully saturated rings. The van der Waals surface area contributed by atoms with Crippen LogP contribution >= 0.6 is 0 Å². The maximum Gasteiger partial charge on any atom is 0.237 e. The Bertz CT molecular complexity index is 385.